The predicted octanol–water partition coefficient (Wildman–Crippen LogP) is 2.57. The van der Waals surface area contributed by atoms with Crippen molar-refractivity contribution in [3.8, 4) is 5.75 Å². The van der Waals surface area contributed by atoms with E-state index in [1.807, 2.05) is 0 Å². The fraction of sp³-hybridized carbons (Fsp3) is 0.455. The Hall–Kier alpha value is -1.23. The van der Waals surface area contributed by atoms with Crippen molar-refractivity contribution in [1.29, 1.82) is 0 Å². The summed E-state index contributed by atoms with van der Waals surface area (Å²) in [5, 5.41) is 0. The molecule has 0 atom stereocenters. The number of hydrogen-bond acceptors (Lipinski definition) is 2. The minimum Gasteiger partial charge on any atom is -0.490 e. The van der Waals surface area contributed by atoms with Gasteiger partial charge in [0.15, 0.2) is 0 Å². The van der Waals surface area contributed by atoms with Gasteiger partial charge in [-0.2, -0.15) is 13.2 Å². The molecule has 0 aliphatic heterocycles. The summed E-state index contributed by atoms with van der Waals surface area (Å²) in [5.74, 6) is -0.105. The Bertz CT molecular complexity index is 372. The molecule has 1 aromatic carbocycles. The van der Waals surface area contributed by atoms with Gasteiger partial charge in [0.25, 0.3) is 0 Å². The molecule has 0 radical (unpaired) electrons. The fourth-order valence-corrected chi connectivity index (χ4v) is 1.69. The van der Waals surface area contributed by atoms with E-state index < -0.39 is 11.7 Å². The van der Waals surface area contributed by atoms with Gasteiger partial charge in [0.2, 0.25) is 0 Å². The minimum atomic E-state index is -4.37. The van der Waals surface area contributed by atoms with Crippen LogP contribution < -0.4 is 10.5 Å². The minimum absolute atomic E-state index is 0.0584. The number of alkyl halides is 3. The first-order valence-corrected chi connectivity index (χ1v) is 5.05. The summed E-state index contributed by atoms with van der Waals surface area (Å²) in [6.07, 6.45) is -3.32. The third-order valence-corrected chi connectivity index (χ3v) is 2.62. The maximum absolute atomic E-state index is 12.6. The molecule has 2 N–H and O–H groups in total. The van der Waals surface area contributed by atoms with E-state index in [9.17, 15) is 13.2 Å². The van der Waals surface area contributed by atoms with Crippen LogP contribution in [0, 0.1) is 0 Å². The molecule has 1 aliphatic rings. The first-order chi connectivity index (χ1) is 7.47. The van der Waals surface area contributed by atoms with Gasteiger partial charge in [0.05, 0.1) is 5.56 Å². The van der Waals surface area contributed by atoms with Gasteiger partial charge in [-0.1, -0.05) is 12.1 Å². The lowest BCUT2D eigenvalue weighted by Crippen LogP contribution is -2.43. The third kappa shape index (κ3) is 2.29. The highest BCUT2D eigenvalue weighted by Crippen LogP contribution is 2.37. The lowest BCUT2D eigenvalue weighted by Gasteiger charge is -2.33. The van der Waals surface area contributed by atoms with Crippen molar-refractivity contribution in [3.05, 3.63) is 29.8 Å². The van der Waals surface area contributed by atoms with E-state index in [2.05, 4.69) is 0 Å². The number of ether oxygens (including phenoxy) is 1. The zero-order chi connectivity index (χ0) is 11.8. The number of hydrogen-bond donors (Lipinski definition) is 1. The Morgan fingerprint density at radius 3 is 2.38 bits per heavy atom. The van der Waals surface area contributed by atoms with Crippen LogP contribution in [0.15, 0.2) is 24.3 Å². The van der Waals surface area contributed by atoms with Crippen molar-refractivity contribution >= 4 is 0 Å². The van der Waals surface area contributed by atoms with Crippen molar-refractivity contribution < 1.29 is 17.9 Å². The summed E-state index contributed by atoms with van der Waals surface area (Å²) in [6, 6.07) is 5.30. The molecule has 1 saturated carbocycles. The van der Waals surface area contributed by atoms with Crippen molar-refractivity contribution in [2.45, 2.75) is 31.2 Å². The average molecular weight is 231 g/mol. The van der Waals surface area contributed by atoms with Gasteiger partial charge in [-0.25, -0.2) is 0 Å². The lowest BCUT2D eigenvalue weighted by molar-refractivity contribution is -0.139. The summed E-state index contributed by atoms with van der Waals surface area (Å²) in [6.45, 7) is 0. The molecule has 0 unspecified atom stereocenters. The van der Waals surface area contributed by atoms with Gasteiger partial charge in [0.1, 0.15) is 11.9 Å². The zero-order valence-electron chi connectivity index (χ0n) is 8.50. The van der Waals surface area contributed by atoms with Gasteiger partial charge >= 0.3 is 6.18 Å². The van der Waals surface area contributed by atoms with E-state index in [1.54, 1.807) is 0 Å². The van der Waals surface area contributed by atoms with E-state index in [0.717, 1.165) is 6.07 Å². The van der Waals surface area contributed by atoms with Crippen molar-refractivity contribution in [2.75, 3.05) is 0 Å². The number of nitrogens with two attached hydrogens (primary N) is 1. The smallest absolute Gasteiger partial charge is 0.419 e. The molecular weight excluding hydrogens is 219 g/mol. The quantitative estimate of drug-likeness (QED) is 0.849. The van der Waals surface area contributed by atoms with Crippen LogP contribution in [0.25, 0.3) is 0 Å². The molecule has 2 nitrogen and oxygen atoms in total. The van der Waals surface area contributed by atoms with Crippen molar-refractivity contribution in [2.24, 2.45) is 5.73 Å². The second-order valence-electron chi connectivity index (χ2n) is 3.97. The highest BCUT2D eigenvalue weighted by molar-refractivity contribution is 5.35. The van der Waals surface area contributed by atoms with E-state index in [-0.39, 0.29) is 17.9 Å². The highest BCUT2D eigenvalue weighted by Gasteiger charge is 2.36. The van der Waals surface area contributed by atoms with Gasteiger partial charge in [-0.15, -0.1) is 0 Å². The zero-order valence-corrected chi connectivity index (χ0v) is 8.50. The SMILES string of the molecule is N[C@H]1C[C@H](Oc2ccccc2C(F)(F)F)C1. The summed E-state index contributed by atoms with van der Waals surface area (Å²) in [7, 11) is 0. The topological polar surface area (TPSA) is 35.2 Å². The molecule has 1 aromatic rings. The van der Waals surface area contributed by atoms with Gasteiger partial charge in [-0.3, -0.25) is 0 Å². The number of para-hydroxylation sites is 1. The number of halogens is 3. The van der Waals surface area contributed by atoms with Crippen LogP contribution in [0.3, 0.4) is 0 Å². The molecule has 0 aromatic heterocycles. The second kappa shape index (κ2) is 3.97. The molecule has 88 valence electrons. The Labute approximate surface area is 91.2 Å². The van der Waals surface area contributed by atoms with E-state index in [1.165, 1.54) is 18.2 Å². The van der Waals surface area contributed by atoms with Crippen LogP contribution in [-0.2, 0) is 6.18 Å². The molecule has 1 fully saturated rings. The predicted molar refractivity (Wildman–Crippen MR) is 53.1 cm³/mol. The molecule has 0 bridgehead atoms. The molecule has 5 heteroatoms. The van der Waals surface area contributed by atoms with E-state index in [4.69, 9.17) is 10.5 Å². The van der Waals surface area contributed by atoms with E-state index in [0.29, 0.717) is 12.8 Å². The second-order valence-corrected chi connectivity index (χ2v) is 3.97. The molecule has 0 amide bonds. The maximum Gasteiger partial charge on any atom is 0.419 e. The van der Waals surface area contributed by atoms with Crippen LogP contribution in [-0.4, -0.2) is 12.1 Å². The van der Waals surface area contributed by atoms with Crippen LogP contribution in [0.2, 0.25) is 0 Å². The average Bonchev–Trinajstić information content (AvgIpc) is 2.14. The number of benzene rings is 1. The van der Waals surface area contributed by atoms with Gasteiger partial charge in [0, 0.05) is 6.04 Å². The van der Waals surface area contributed by atoms with Crippen LogP contribution in [0.1, 0.15) is 18.4 Å². The first kappa shape index (κ1) is 11.3. The third-order valence-electron chi connectivity index (χ3n) is 2.62. The molecule has 1 aliphatic carbocycles. The molecule has 0 saturated heterocycles. The Balaban J connectivity index is 2.14. The number of rotatable bonds is 2. The molecule has 2 rings (SSSR count). The Kier molecular flexibility index (Phi) is 2.80. The van der Waals surface area contributed by atoms with E-state index >= 15 is 0 Å². The van der Waals surface area contributed by atoms with Crippen LogP contribution in [0.5, 0.6) is 5.75 Å². The van der Waals surface area contributed by atoms with Crippen LogP contribution >= 0.6 is 0 Å². The molecule has 0 spiro atoms. The molecule has 16 heavy (non-hydrogen) atoms. The summed E-state index contributed by atoms with van der Waals surface area (Å²) in [5.41, 5.74) is 4.82. The standard InChI is InChI=1S/C11H12F3NO/c12-11(13,14)9-3-1-2-4-10(9)16-8-5-7(15)6-8/h1-4,7-8H,5-6,15H2/t7-,8-. The largest absolute Gasteiger partial charge is 0.490 e. The van der Waals surface area contributed by atoms with Gasteiger partial charge < -0.3 is 10.5 Å². The van der Waals surface area contributed by atoms with Crippen molar-refractivity contribution in [1.82, 2.24) is 0 Å². The summed E-state index contributed by atoms with van der Waals surface area (Å²) < 4.78 is 43.1. The first-order valence-electron chi connectivity index (χ1n) is 5.05. The van der Waals surface area contributed by atoms with Crippen molar-refractivity contribution in [3.63, 3.8) is 0 Å². The molecular formula is C11H12F3NO. The summed E-state index contributed by atoms with van der Waals surface area (Å²) in [4.78, 5) is 0. The maximum atomic E-state index is 12.6. The Morgan fingerprint density at radius 1 is 1.19 bits per heavy atom. The lowest BCUT2D eigenvalue weighted by atomic mass is 9.90. The normalized spacial score (nSPS) is 25.0. The fourth-order valence-electron chi connectivity index (χ4n) is 1.69. The molecule has 0 heterocycles. The van der Waals surface area contributed by atoms with Gasteiger partial charge in [-0.05, 0) is 25.0 Å². The van der Waals surface area contributed by atoms with Crippen LogP contribution in [0.4, 0.5) is 13.2 Å². The monoisotopic (exact) mass is 231 g/mol. The summed E-state index contributed by atoms with van der Waals surface area (Å²) >= 11 is 0. The highest BCUT2D eigenvalue weighted by atomic mass is 19.4. The Morgan fingerprint density at radius 2 is 1.81 bits per heavy atom.